The molecule has 2 heterocycles. The molecule has 0 amide bonds. The molecule has 1 aromatic rings. The Labute approximate surface area is 101 Å². The Morgan fingerprint density at radius 1 is 1.53 bits per heavy atom. The van der Waals surface area contributed by atoms with E-state index in [9.17, 15) is 0 Å². The molecule has 0 saturated heterocycles. The number of hydrogen-bond acceptors (Lipinski definition) is 5. The summed E-state index contributed by atoms with van der Waals surface area (Å²) in [5, 5.41) is 8.28. The van der Waals surface area contributed by atoms with Crippen LogP contribution in [-0.4, -0.2) is 16.8 Å². The average Bonchev–Trinajstić information content (AvgIpc) is 2.84. The van der Waals surface area contributed by atoms with Crippen LogP contribution in [-0.2, 0) is 11.2 Å². The number of nitrogens with zero attached hydrogens (tertiary/aromatic N) is 2. The third kappa shape index (κ3) is 2.45. The van der Waals surface area contributed by atoms with Gasteiger partial charge in [0, 0.05) is 12.0 Å². The summed E-state index contributed by atoms with van der Waals surface area (Å²) in [6.45, 7) is 4.71. The van der Waals surface area contributed by atoms with Crippen LogP contribution >= 0.6 is 0 Å². The highest BCUT2D eigenvalue weighted by Crippen LogP contribution is 2.27. The monoisotopic (exact) mass is 234 g/mol. The summed E-state index contributed by atoms with van der Waals surface area (Å²) in [7, 11) is 0. The number of hydrazine groups is 1. The van der Waals surface area contributed by atoms with Gasteiger partial charge in [0.05, 0.1) is 18.0 Å². The van der Waals surface area contributed by atoms with E-state index in [1.54, 1.807) is 0 Å². The highest BCUT2D eigenvalue weighted by Gasteiger charge is 2.22. The van der Waals surface area contributed by atoms with Crippen molar-refractivity contribution >= 4 is 0 Å². The molecule has 5 nitrogen and oxygen atoms in total. The first-order valence-corrected chi connectivity index (χ1v) is 5.88. The summed E-state index contributed by atoms with van der Waals surface area (Å²) in [6, 6.07) is 1.89. The molecule has 92 valence electrons. The van der Waals surface area contributed by atoms with Crippen LogP contribution in [0.2, 0.25) is 0 Å². The van der Waals surface area contributed by atoms with E-state index in [2.05, 4.69) is 28.6 Å². The maximum Gasteiger partial charge on any atom is 0.115 e. The average molecular weight is 234 g/mol. The van der Waals surface area contributed by atoms with E-state index in [0.29, 0.717) is 0 Å². The van der Waals surface area contributed by atoms with E-state index < -0.39 is 0 Å². The summed E-state index contributed by atoms with van der Waals surface area (Å²) >= 11 is 0. The van der Waals surface area contributed by atoms with Crippen LogP contribution in [0.1, 0.15) is 36.3 Å². The van der Waals surface area contributed by atoms with E-state index in [-0.39, 0.29) is 6.04 Å². The third-order valence-corrected chi connectivity index (χ3v) is 2.86. The summed E-state index contributed by atoms with van der Waals surface area (Å²) in [5.41, 5.74) is 5.69. The van der Waals surface area contributed by atoms with E-state index >= 15 is 0 Å². The fourth-order valence-corrected chi connectivity index (χ4v) is 2.02. The summed E-state index contributed by atoms with van der Waals surface area (Å²) in [4.78, 5) is 0. The first kappa shape index (κ1) is 12.0. The Hall–Kier alpha value is -1.46. The van der Waals surface area contributed by atoms with Crippen molar-refractivity contribution in [2.45, 2.75) is 32.7 Å². The minimum absolute atomic E-state index is 0.123. The predicted molar refractivity (Wildman–Crippen MR) is 64.9 cm³/mol. The summed E-state index contributed by atoms with van der Waals surface area (Å²) < 4.78 is 5.57. The highest BCUT2D eigenvalue weighted by molar-refractivity contribution is 5.30. The molecule has 0 spiro atoms. The normalized spacial score (nSPS) is 16.5. The molecule has 1 aliphatic rings. The largest absolute Gasteiger partial charge is 0.496 e. The molecule has 1 aliphatic heterocycles. The van der Waals surface area contributed by atoms with Crippen LogP contribution < -0.4 is 11.3 Å². The van der Waals surface area contributed by atoms with Crippen LogP contribution in [0.15, 0.2) is 17.9 Å². The Bertz CT molecular complexity index is 431. The Morgan fingerprint density at radius 2 is 2.35 bits per heavy atom. The fraction of sp³-hybridized carbons (Fsp3) is 0.500. The van der Waals surface area contributed by atoms with Gasteiger partial charge in [0.25, 0.3) is 0 Å². The zero-order valence-corrected chi connectivity index (χ0v) is 10.2. The first-order chi connectivity index (χ1) is 8.26. The molecule has 0 aliphatic carbocycles. The molecule has 0 radical (unpaired) electrons. The van der Waals surface area contributed by atoms with E-state index in [0.717, 1.165) is 42.2 Å². The predicted octanol–water partition coefficient (Wildman–Crippen LogP) is 1.16. The van der Waals surface area contributed by atoms with Gasteiger partial charge < -0.3 is 4.74 Å². The van der Waals surface area contributed by atoms with Gasteiger partial charge in [-0.2, -0.15) is 10.2 Å². The molecule has 1 atom stereocenters. The molecule has 3 N–H and O–H groups in total. The third-order valence-electron chi connectivity index (χ3n) is 2.86. The first-order valence-electron chi connectivity index (χ1n) is 5.88. The lowest BCUT2D eigenvalue weighted by Crippen LogP contribution is -2.31. The van der Waals surface area contributed by atoms with Crippen molar-refractivity contribution in [3.8, 4) is 0 Å². The zero-order chi connectivity index (χ0) is 12.3. The number of nitrogens with one attached hydrogen (secondary N) is 1. The molecule has 0 bridgehead atoms. The zero-order valence-electron chi connectivity index (χ0n) is 10.2. The van der Waals surface area contributed by atoms with Gasteiger partial charge in [0.2, 0.25) is 0 Å². The quantitative estimate of drug-likeness (QED) is 0.604. The van der Waals surface area contributed by atoms with Gasteiger partial charge >= 0.3 is 0 Å². The van der Waals surface area contributed by atoms with Crippen LogP contribution in [0.4, 0.5) is 0 Å². The van der Waals surface area contributed by atoms with Gasteiger partial charge in [-0.3, -0.25) is 5.84 Å². The van der Waals surface area contributed by atoms with Crippen LogP contribution in [0.25, 0.3) is 0 Å². The molecule has 2 rings (SSSR count). The number of ether oxygens (including phenoxy) is 1. The van der Waals surface area contributed by atoms with Gasteiger partial charge in [-0.15, -0.1) is 0 Å². The van der Waals surface area contributed by atoms with E-state index in [4.69, 9.17) is 10.6 Å². The maximum absolute atomic E-state index is 5.64. The number of aromatic nitrogens is 2. The molecule has 1 unspecified atom stereocenters. The maximum atomic E-state index is 5.64. The van der Waals surface area contributed by atoms with Crippen LogP contribution in [0.5, 0.6) is 0 Å². The Kier molecular flexibility index (Phi) is 3.71. The topological polar surface area (TPSA) is 73.1 Å². The molecule has 0 fully saturated rings. The molecule has 1 aromatic heterocycles. The van der Waals surface area contributed by atoms with Gasteiger partial charge in [-0.1, -0.05) is 6.92 Å². The SMILES string of the molecule is CCc1nnc(C)cc1C(NN)C1=CCCO1. The number of nitrogens with two attached hydrogens (primary N) is 1. The smallest absolute Gasteiger partial charge is 0.115 e. The van der Waals surface area contributed by atoms with Crippen molar-refractivity contribution in [1.82, 2.24) is 15.6 Å². The standard InChI is InChI=1S/C12H18N4O/c1-3-10-9(7-8(2)15-16-10)12(14-13)11-5-4-6-17-11/h5,7,12,14H,3-4,6,13H2,1-2H3. The number of aryl methyl sites for hydroxylation is 2. The second-order valence-electron chi connectivity index (χ2n) is 4.08. The Balaban J connectivity index is 2.38. The second-order valence-corrected chi connectivity index (χ2v) is 4.08. The molecule has 0 saturated carbocycles. The fourth-order valence-electron chi connectivity index (χ4n) is 2.02. The second kappa shape index (κ2) is 5.25. The van der Waals surface area contributed by atoms with Crippen molar-refractivity contribution in [1.29, 1.82) is 0 Å². The molecule has 5 heteroatoms. The summed E-state index contributed by atoms with van der Waals surface area (Å²) in [5.74, 6) is 6.52. The van der Waals surface area contributed by atoms with Gasteiger partial charge in [-0.25, -0.2) is 5.43 Å². The molecule has 0 aromatic carbocycles. The Morgan fingerprint density at radius 3 is 2.94 bits per heavy atom. The van der Waals surface area contributed by atoms with E-state index in [1.807, 2.05) is 13.0 Å². The van der Waals surface area contributed by atoms with Crippen LogP contribution in [0, 0.1) is 6.92 Å². The van der Waals surface area contributed by atoms with Gasteiger partial charge in [0.1, 0.15) is 11.8 Å². The van der Waals surface area contributed by atoms with Gasteiger partial charge in [0.15, 0.2) is 0 Å². The number of hydrogen-bond donors (Lipinski definition) is 2. The lowest BCUT2D eigenvalue weighted by Gasteiger charge is -2.19. The minimum atomic E-state index is -0.123. The lowest BCUT2D eigenvalue weighted by molar-refractivity contribution is 0.215. The number of rotatable bonds is 4. The van der Waals surface area contributed by atoms with Crippen LogP contribution in [0.3, 0.4) is 0 Å². The molecule has 17 heavy (non-hydrogen) atoms. The molecular formula is C12H18N4O. The van der Waals surface area contributed by atoms with Crippen molar-refractivity contribution in [2.24, 2.45) is 5.84 Å². The van der Waals surface area contributed by atoms with Gasteiger partial charge in [-0.05, 0) is 25.5 Å². The minimum Gasteiger partial charge on any atom is -0.496 e. The van der Waals surface area contributed by atoms with Crippen molar-refractivity contribution in [3.05, 3.63) is 34.9 Å². The van der Waals surface area contributed by atoms with Crippen molar-refractivity contribution in [3.63, 3.8) is 0 Å². The summed E-state index contributed by atoms with van der Waals surface area (Å²) in [6.07, 6.45) is 3.83. The van der Waals surface area contributed by atoms with Crippen molar-refractivity contribution < 1.29 is 4.74 Å². The molecular weight excluding hydrogens is 216 g/mol. The lowest BCUT2D eigenvalue weighted by atomic mass is 10.0. The highest BCUT2D eigenvalue weighted by atomic mass is 16.5. The van der Waals surface area contributed by atoms with E-state index in [1.165, 1.54) is 0 Å². The van der Waals surface area contributed by atoms with Crippen molar-refractivity contribution in [2.75, 3.05) is 6.61 Å².